The Morgan fingerprint density at radius 1 is 1.53 bits per heavy atom. The summed E-state index contributed by atoms with van der Waals surface area (Å²) in [7, 11) is 3.48. The highest BCUT2D eigenvalue weighted by atomic mass is 16.3. The second-order valence-corrected chi connectivity index (χ2v) is 4.32. The van der Waals surface area contributed by atoms with Gasteiger partial charge in [0.25, 0.3) is 0 Å². The summed E-state index contributed by atoms with van der Waals surface area (Å²) >= 11 is 0. The van der Waals surface area contributed by atoms with Crippen molar-refractivity contribution in [3.8, 4) is 0 Å². The Hall–Kier alpha value is -0.650. The first-order valence-corrected chi connectivity index (χ1v) is 5.38. The van der Waals surface area contributed by atoms with E-state index in [1.54, 1.807) is 7.05 Å². The van der Waals surface area contributed by atoms with Crippen LogP contribution in [0.5, 0.6) is 0 Å². The van der Waals surface area contributed by atoms with Gasteiger partial charge in [-0.25, -0.2) is 0 Å². The van der Waals surface area contributed by atoms with Crippen molar-refractivity contribution in [2.45, 2.75) is 18.4 Å². The van der Waals surface area contributed by atoms with E-state index < -0.39 is 5.60 Å². The van der Waals surface area contributed by atoms with Crippen LogP contribution in [0, 0.1) is 0 Å². The van der Waals surface area contributed by atoms with Gasteiger partial charge in [-0.05, 0) is 33.0 Å². The van der Waals surface area contributed by atoms with Crippen LogP contribution >= 0.6 is 0 Å². The zero-order valence-electron chi connectivity index (χ0n) is 9.55. The average Bonchev–Trinajstić information content (AvgIpc) is 2.17. The Bertz CT molecular complexity index is 215. The molecule has 0 aliphatic carbocycles. The zero-order chi connectivity index (χ0) is 11.3. The Kier molecular flexibility index (Phi) is 4.50. The number of nitrogens with one attached hydrogen (secondary N) is 2. The molecule has 0 bridgehead atoms. The normalized spacial score (nSPS) is 20.3. The van der Waals surface area contributed by atoms with Crippen LogP contribution in [0.2, 0.25) is 0 Å². The topological polar surface area (TPSA) is 64.6 Å². The van der Waals surface area contributed by atoms with Crippen molar-refractivity contribution in [1.82, 2.24) is 15.5 Å². The van der Waals surface area contributed by atoms with Crippen LogP contribution in [-0.4, -0.2) is 61.8 Å². The summed E-state index contributed by atoms with van der Waals surface area (Å²) in [5, 5.41) is 16.0. The van der Waals surface area contributed by atoms with E-state index in [2.05, 4.69) is 10.6 Å². The molecule has 0 aromatic heterocycles. The van der Waals surface area contributed by atoms with Crippen LogP contribution in [0.3, 0.4) is 0 Å². The highest BCUT2D eigenvalue weighted by Gasteiger charge is 2.30. The van der Waals surface area contributed by atoms with Crippen molar-refractivity contribution in [2.75, 3.05) is 40.3 Å². The molecule has 1 rings (SSSR count). The van der Waals surface area contributed by atoms with Gasteiger partial charge in [0.05, 0.1) is 12.1 Å². The number of nitrogens with zero attached hydrogens (tertiary/aromatic N) is 1. The molecule has 1 heterocycles. The summed E-state index contributed by atoms with van der Waals surface area (Å²) in [4.78, 5) is 13.0. The number of piperidine rings is 1. The Balaban J connectivity index is 2.35. The number of likely N-dealkylation sites (N-methyl/N-ethyl adjacent to an activating group) is 2. The van der Waals surface area contributed by atoms with Gasteiger partial charge in [0.1, 0.15) is 0 Å². The Labute approximate surface area is 90.8 Å². The fourth-order valence-electron chi connectivity index (χ4n) is 1.93. The molecule has 1 aliphatic rings. The summed E-state index contributed by atoms with van der Waals surface area (Å²) in [5.74, 6) is -0.0185. The molecule has 0 spiro atoms. The van der Waals surface area contributed by atoms with Crippen molar-refractivity contribution in [3.05, 3.63) is 0 Å². The lowest BCUT2D eigenvalue weighted by molar-refractivity contribution is -0.122. The van der Waals surface area contributed by atoms with Crippen molar-refractivity contribution in [2.24, 2.45) is 0 Å². The second-order valence-electron chi connectivity index (χ2n) is 4.32. The van der Waals surface area contributed by atoms with Crippen molar-refractivity contribution in [1.29, 1.82) is 0 Å². The predicted molar refractivity (Wildman–Crippen MR) is 58.6 cm³/mol. The first-order chi connectivity index (χ1) is 7.06. The van der Waals surface area contributed by atoms with Gasteiger partial charge >= 0.3 is 0 Å². The molecular weight excluding hydrogens is 194 g/mol. The molecule has 0 atom stereocenters. The minimum atomic E-state index is -0.631. The number of aliphatic hydroxyl groups is 1. The van der Waals surface area contributed by atoms with E-state index in [4.69, 9.17) is 0 Å². The molecule has 3 N–H and O–H groups in total. The lowest BCUT2D eigenvalue weighted by Gasteiger charge is -2.35. The van der Waals surface area contributed by atoms with E-state index in [0.717, 1.165) is 25.9 Å². The molecular formula is C10H21N3O2. The van der Waals surface area contributed by atoms with Gasteiger partial charge in [0.15, 0.2) is 0 Å². The second kappa shape index (κ2) is 5.44. The van der Waals surface area contributed by atoms with Crippen LogP contribution in [0.4, 0.5) is 0 Å². The largest absolute Gasteiger partial charge is 0.388 e. The Morgan fingerprint density at radius 3 is 2.67 bits per heavy atom. The summed E-state index contributed by atoms with van der Waals surface area (Å²) in [6, 6.07) is 0. The molecule has 88 valence electrons. The fraction of sp³-hybridized carbons (Fsp3) is 0.900. The minimum absolute atomic E-state index is 0.0185. The maximum Gasteiger partial charge on any atom is 0.233 e. The first-order valence-electron chi connectivity index (χ1n) is 5.38. The fourth-order valence-corrected chi connectivity index (χ4v) is 1.93. The summed E-state index contributed by atoms with van der Waals surface area (Å²) in [6.45, 7) is 2.60. The van der Waals surface area contributed by atoms with E-state index >= 15 is 0 Å². The summed E-state index contributed by atoms with van der Waals surface area (Å²) in [5.41, 5.74) is -0.631. The van der Waals surface area contributed by atoms with E-state index in [-0.39, 0.29) is 5.91 Å². The standard InChI is InChI=1S/C10H21N3O2/c1-11-9(14)7-13(2)8-10(15)3-5-12-6-4-10/h12,15H,3-8H2,1-2H3,(H,11,14). The summed E-state index contributed by atoms with van der Waals surface area (Å²) in [6.07, 6.45) is 1.51. The average molecular weight is 215 g/mol. The van der Waals surface area contributed by atoms with Crippen LogP contribution in [0.1, 0.15) is 12.8 Å². The summed E-state index contributed by atoms with van der Waals surface area (Å²) < 4.78 is 0. The number of amides is 1. The predicted octanol–water partition coefficient (Wildman–Crippen LogP) is -1.22. The molecule has 1 saturated heterocycles. The molecule has 5 heteroatoms. The van der Waals surface area contributed by atoms with Crippen LogP contribution < -0.4 is 10.6 Å². The van der Waals surface area contributed by atoms with E-state index in [9.17, 15) is 9.90 Å². The van der Waals surface area contributed by atoms with Gasteiger partial charge in [-0.15, -0.1) is 0 Å². The first kappa shape index (κ1) is 12.4. The van der Waals surface area contributed by atoms with Crippen molar-refractivity contribution < 1.29 is 9.90 Å². The molecule has 0 unspecified atom stereocenters. The van der Waals surface area contributed by atoms with Crippen LogP contribution in [0.15, 0.2) is 0 Å². The molecule has 0 aromatic rings. The van der Waals surface area contributed by atoms with Gasteiger partial charge in [-0.3, -0.25) is 9.69 Å². The number of hydrogen-bond acceptors (Lipinski definition) is 4. The molecule has 1 aliphatic heterocycles. The molecule has 0 aromatic carbocycles. The van der Waals surface area contributed by atoms with Crippen LogP contribution in [-0.2, 0) is 4.79 Å². The van der Waals surface area contributed by atoms with Gasteiger partial charge in [0, 0.05) is 13.6 Å². The van der Waals surface area contributed by atoms with Crippen molar-refractivity contribution in [3.63, 3.8) is 0 Å². The number of rotatable bonds is 4. The van der Waals surface area contributed by atoms with Crippen LogP contribution in [0.25, 0.3) is 0 Å². The monoisotopic (exact) mass is 215 g/mol. The third-order valence-electron chi connectivity index (χ3n) is 2.79. The highest BCUT2D eigenvalue weighted by molar-refractivity contribution is 5.77. The van der Waals surface area contributed by atoms with E-state index in [1.165, 1.54) is 0 Å². The van der Waals surface area contributed by atoms with Gasteiger partial charge in [0.2, 0.25) is 5.91 Å². The van der Waals surface area contributed by atoms with Gasteiger partial charge < -0.3 is 15.7 Å². The highest BCUT2D eigenvalue weighted by Crippen LogP contribution is 2.18. The molecule has 15 heavy (non-hydrogen) atoms. The maximum absolute atomic E-state index is 11.1. The lowest BCUT2D eigenvalue weighted by Crippen LogP contribution is -2.50. The molecule has 1 amide bonds. The number of carbonyl (C=O) groups excluding carboxylic acids is 1. The molecule has 1 fully saturated rings. The smallest absolute Gasteiger partial charge is 0.233 e. The molecule has 0 saturated carbocycles. The van der Waals surface area contributed by atoms with Gasteiger partial charge in [-0.1, -0.05) is 0 Å². The zero-order valence-corrected chi connectivity index (χ0v) is 9.55. The Morgan fingerprint density at radius 2 is 2.13 bits per heavy atom. The van der Waals surface area contributed by atoms with Gasteiger partial charge in [-0.2, -0.15) is 0 Å². The lowest BCUT2D eigenvalue weighted by atomic mass is 9.92. The van der Waals surface area contributed by atoms with E-state index in [0.29, 0.717) is 13.1 Å². The minimum Gasteiger partial charge on any atom is -0.388 e. The SMILES string of the molecule is CNC(=O)CN(C)CC1(O)CCNCC1. The number of hydrogen-bond donors (Lipinski definition) is 3. The van der Waals surface area contributed by atoms with Crippen molar-refractivity contribution >= 4 is 5.91 Å². The maximum atomic E-state index is 11.1. The number of carbonyl (C=O) groups is 1. The quantitative estimate of drug-likeness (QED) is 0.550. The third-order valence-corrected chi connectivity index (χ3v) is 2.79. The molecule has 0 radical (unpaired) electrons. The molecule has 5 nitrogen and oxygen atoms in total. The third kappa shape index (κ3) is 4.15. The van der Waals surface area contributed by atoms with E-state index in [1.807, 2.05) is 11.9 Å².